The van der Waals surface area contributed by atoms with E-state index in [0.717, 1.165) is 31.4 Å². The molecule has 0 radical (unpaired) electrons. The zero-order chi connectivity index (χ0) is 15.7. The van der Waals surface area contributed by atoms with Crippen LogP contribution in [0, 0.1) is 6.92 Å². The summed E-state index contributed by atoms with van der Waals surface area (Å²) >= 11 is 0. The van der Waals surface area contributed by atoms with Crippen LogP contribution in [0.15, 0.2) is 30.3 Å². The smallest absolute Gasteiger partial charge is 0.151 e. The second-order valence-corrected chi connectivity index (χ2v) is 6.24. The molecule has 1 heterocycles. The Hall–Kier alpha value is -1.80. The van der Waals surface area contributed by atoms with E-state index in [1.807, 2.05) is 0 Å². The van der Waals surface area contributed by atoms with Crippen molar-refractivity contribution in [2.24, 2.45) is 5.73 Å². The Bertz CT molecular complexity index is 690. The summed E-state index contributed by atoms with van der Waals surface area (Å²) in [6.07, 6.45) is 3.92. The summed E-state index contributed by atoms with van der Waals surface area (Å²) in [6, 6.07) is 11.3. The van der Waals surface area contributed by atoms with Crippen LogP contribution in [0.25, 0.3) is 11.1 Å². The molecule has 1 aliphatic heterocycles. The fourth-order valence-corrected chi connectivity index (χ4v) is 3.34. The molecule has 1 unspecified atom stereocenters. The van der Waals surface area contributed by atoms with Gasteiger partial charge in [0.2, 0.25) is 0 Å². The van der Waals surface area contributed by atoms with Crippen molar-refractivity contribution in [2.45, 2.75) is 52.7 Å². The maximum atomic E-state index is 6.02. The number of fused-ring (bicyclic) bond motifs is 1. The average molecular weight is 295 g/mol. The fourth-order valence-electron chi connectivity index (χ4n) is 3.34. The number of benzene rings is 2. The predicted octanol–water partition coefficient (Wildman–Crippen LogP) is 4.40. The number of hydrogen-bond donors (Lipinski definition) is 1. The molecule has 2 N–H and O–H groups in total. The van der Waals surface area contributed by atoms with Gasteiger partial charge in [-0.15, -0.1) is 0 Å². The van der Waals surface area contributed by atoms with Crippen molar-refractivity contribution in [3.8, 4) is 16.9 Å². The van der Waals surface area contributed by atoms with Gasteiger partial charge in [0.1, 0.15) is 5.75 Å². The lowest BCUT2D eigenvalue weighted by Crippen LogP contribution is -2.24. The summed E-state index contributed by atoms with van der Waals surface area (Å²) in [7, 11) is 0. The van der Waals surface area contributed by atoms with Gasteiger partial charge in [0.15, 0.2) is 6.23 Å². The average Bonchev–Trinajstić information content (AvgIpc) is 2.87. The molecule has 0 amide bonds. The van der Waals surface area contributed by atoms with Gasteiger partial charge < -0.3 is 4.74 Å². The largest absolute Gasteiger partial charge is 0.474 e. The summed E-state index contributed by atoms with van der Waals surface area (Å²) in [6.45, 7) is 6.59. The van der Waals surface area contributed by atoms with Crippen molar-refractivity contribution in [3.63, 3.8) is 0 Å². The minimum Gasteiger partial charge on any atom is -0.474 e. The highest BCUT2D eigenvalue weighted by Gasteiger charge is 2.24. The van der Waals surface area contributed by atoms with Gasteiger partial charge in [-0.25, -0.2) is 0 Å². The molecule has 22 heavy (non-hydrogen) atoms. The minimum absolute atomic E-state index is 0.208. The topological polar surface area (TPSA) is 35.2 Å². The molecule has 116 valence electrons. The van der Waals surface area contributed by atoms with Crippen LogP contribution >= 0.6 is 0 Å². The molecule has 0 saturated heterocycles. The van der Waals surface area contributed by atoms with Crippen molar-refractivity contribution in [2.75, 3.05) is 0 Å². The molecule has 1 atom stereocenters. The van der Waals surface area contributed by atoms with E-state index in [2.05, 4.69) is 51.1 Å². The molecule has 2 heteroatoms. The molecule has 0 bridgehead atoms. The number of hydrogen-bond acceptors (Lipinski definition) is 2. The van der Waals surface area contributed by atoms with E-state index < -0.39 is 0 Å². The van der Waals surface area contributed by atoms with Crippen LogP contribution in [0.5, 0.6) is 5.75 Å². The highest BCUT2D eigenvalue weighted by molar-refractivity contribution is 5.76. The van der Waals surface area contributed by atoms with E-state index >= 15 is 0 Å². The summed E-state index contributed by atoms with van der Waals surface area (Å²) in [5.74, 6) is 0.986. The molecule has 0 fully saturated rings. The second kappa shape index (κ2) is 6.13. The molecular weight excluding hydrogens is 270 g/mol. The van der Waals surface area contributed by atoms with Gasteiger partial charge in [-0.1, -0.05) is 44.5 Å². The highest BCUT2D eigenvalue weighted by atomic mass is 16.5. The lowest BCUT2D eigenvalue weighted by molar-refractivity contribution is 0.242. The molecule has 0 aliphatic carbocycles. The summed E-state index contributed by atoms with van der Waals surface area (Å²) < 4.78 is 5.91. The third-order valence-corrected chi connectivity index (χ3v) is 4.44. The van der Waals surface area contributed by atoms with E-state index in [1.54, 1.807) is 0 Å². The Morgan fingerprint density at radius 3 is 2.59 bits per heavy atom. The first-order valence-corrected chi connectivity index (χ1v) is 8.30. The van der Waals surface area contributed by atoms with E-state index in [4.69, 9.17) is 10.5 Å². The highest BCUT2D eigenvalue weighted by Crippen LogP contribution is 2.40. The quantitative estimate of drug-likeness (QED) is 0.907. The Morgan fingerprint density at radius 2 is 1.91 bits per heavy atom. The zero-order valence-electron chi connectivity index (χ0n) is 13.8. The fraction of sp³-hybridized carbons (Fsp3) is 0.400. The number of aryl methyl sites for hydroxylation is 3. The molecule has 3 rings (SSSR count). The Balaban J connectivity index is 2.13. The molecule has 2 nitrogen and oxygen atoms in total. The summed E-state index contributed by atoms with van der Waals surface area (Å²) in [5, 5.41) is 0. The predicted molar refractivity (Wildman–Crippen MR) is 92.3 cm³/mol. The molecule has 2 aromatic rings. The molecule has 0 spiro atoms. The number of rotatable bonds is 4. The van der Waals surface area contributed by atoms with Crippen LogP contribution in [0.3, 0.4) is 0 Å². The van der Waals surface area contributed by atoms with Crippen LogP contribution in [0.1, 0.15) is 42.5 Å². The van der Waals surface area contributed by atoms with E-state index in [9.17, 15) is 0 Å². The Morgan fingerprint density at radius 1 is 1.09 bits per heavy atom. The minimum atomic E-state index is -0.208. The zero-order valence-corrected chi connectivity index (χ0v) is 13.8. The van der Waals surface area contributed by atoms with Gasteiger partial charge in [0, 0.05) is 17.5 Å². The van der Waals surface area contributed by atoms with Crippen molar-refractivity contribution >= 4 is 0 Å². The van der Waals surface area contributed by atoms with Crippen molar-refractivity contribution in [1.29, 1.82) is 0 Å². The van der Waals surface area contributed by atoms with Gasteiger partial charge in [-0.3, -0.25) is 5.73 Å². The van der Waals surface area contributed by atoms with Gasteiger partial charge >= 0.3 is 0 Å². The van der Waals surface area contributed by atoms with Gasteiger partial charge in [0.25, 0.3) is 0 Å². The maximum Gasteiger partial charge on any atom is 0.151 e. The van der Waals surface area contributed by atoms with Crippen LogP contribution in [0.4, 0.5) is 0 Å². The van der Waals surface area contributed by atoms with Crippen LogP contribution in [0.2, 0.25) is 0 Å². The van der Waals surface area contributed by atoms with E-state index in [1.165, 1.54) is 33.4 Å². The van der Waals surface area contributed by atoms with Crippen molar-refractivity contribution < 1.29 is 4.74 Å². The monoisotopic (exact) mass is 295 g/mol. The first-order chi connectivity index (χ1) is 10.6. The molecular formula is C20H25NO. The molecule has 0 aromatic heterocycles. The Kier molecular flexibility index (Phi) is 4.21. The van der Waals surface area contributed by atoms with Crippen LogP contribution in [-0.4, -0.2) is 6.23 Å². The standard InChI is InChI=1S/C20H25NO/c1-4-6-15-10-16-12-19(21)22-20(16)18(11-15)17-8-7-14(5-2)9-13(17)3/h7-11,19H,4-6,12,21H2,1-3H3. The lowest BCUT2D eigenvalue weighted by atomic mass is 9.92. The maximum absolute atomic E-state index is 6.02. The molecule has 1 aliphatic rings. The SMILES string of the molecule is CCCc1cc2c(c(-c3ccc(CC)cc3C)c1)OC(N)C2. The Labute approximate surface area is 133 Å². The van der Waals surface area contributed by atoms with Gasteiger partial charge in [0.05, 0.1) is 0 Å². The van der Waals surface area contributed by atoms with Gasteiger partial charge in [-0.2, -0.15) is 0 Å². The molecule has 2 aromatic carbocycles. The first kappa shape index (κ1) is 15.1. The third kappa shape index (κ3) is 2.76. The van der Waals surface area contributed by atoms with Crippen molar-refractivity contribution in [3.05, 3.63) is 52.6 Å². The van der Waals surface area contributed by atoms with Crippen LogP contribution in [-0.2, 0) is 19.3 Å². The summed E-state index contributed by atoms with van der Waals surface area (Å²) in [4.78, 5) is 0. The normalized spacial score (nSPS) is 16.5. The summed E-state index contributed by atoms with van der Waals surface area (Å²) in [5.41, 5.74) is 13.8. The number of ether oxygens (including phenoxy) is 1. The van der Waals surface area contributed by atoms with E-state index in [0.29, 0.717) is 0 Å². The first-order valence-electron chi connectivity index (χ1n) is 8.30. The molecule has 0 saturated carbocycles. The van der Waals surface area contributed by atoms with E-state index in [-0.39, 0.29) is 6.23 Å². The third-order valence-electron chi connectivity index (χ3n) is 4.44. The van der Waals surface area contributed by atoms with Crippen LogP contribution < -0.4 is 10.5 Å². The van der Waals surface area contributed by atoms with Crippen molar-refractivity contribution in [1.82, 2.24) is 0 Å². The number of nitrogens with two attached hydrogens (primary N) is 1. The van der Waals surface area contributed by atoms with Gasteiger partial charge in [-0.05, 0) is 48.1 Å². The lowest BCUT2D eigenvalue weighted by Gasteiger charge is -2.14. The second-order valence-electron chi connectivity index (χ2n) is 6.24.